The Morgan fingerprint density at radius 3 is 2.68 bits per heavy atom. The van der Waals surface area contributed by atoms with E-state index in [0.717, 1.165) is 30.4 Å². The second kappa shape index (κ2) is 5.09. The van der Waals surface area contributed by atoms with Crippen LogP contribution >= 0.6 is 0 Å². The zero-order valence-electron chi connectivity index (χ0n) is 12.5. The Balaban J connectivity index is 2.25. The van der Waals surface area contributed by atoms with E-state index in [1.165, 1.54) is 20.3 Å². The van der Waals surface area contributed by atoms with Gasteiger partial charge in [0.05, 0.1) is 14.2 Å². The lowest BCUT2D eigenvalue weighted by atomic mass is 9.67. The van der Waals surface area contributed by atoms with Crippen LogP contribution in [0.4, 0.5) is 0 Å². The second-order valence-electron chi connectivity index (χ2n) is 5.61. The molecule has 0 heterocycles. The minimum atomic E-state index is -0.523. The van der Waals surface area contributed by atoms with Gasteiger partial charge < -0.3 is 19.7 Å². The van der Waals surface area contributed by atoms with Crippen LogP contribution in [-0.4, -0.2) is 30.2 Å². The van der Waals surface area contributed by atoms with Gasteiger partial charge in [-0.05, 0) is 43.0 Å². The van der Waals surface area contributed by atoms with Crippen LogP contribution in [0.5, 0.6) is 17.2 Å². The number of carbonyl (C=O) groups is 1. The molecule has 2 aliphatic rings. The number of benzene rings is 1. The SMILES string of the molecule is COC1=CC2(C=CC1=O)CCCc1c2cc(O)c(O)c1OC. The highest BCUT2D eigenvalue weighted by Crippen LogP contribution is 2.50. The molecule has 0 saturated heterocycles. The van der Waals surface area contributed by atoms with Crippen LogP contribution in [0, 0.1) is 0 Å². The predicted molar refractivity (Wildman–Crippen MR) is 80.2 cm³/mol. The molecule has 0 amide bonds. The van der Waals surface area contributed by atoms with Crippen molar-refractivity contribution in [1.82, 2.24) is 0 Å². The van der Waals surface area contributed by atoms with Crippen LogP contribution < -0.4 is 4.74 Å². The van der Waals surface area contributed by atoms with E-state index < -0.39 is 5.41 Å². The van der Waals surface area contributed by atoms with Gasteiger partial charge in [-0.3, -0.25) is 4.79 Å². The van der Waals surface area contributed by atoms with Gasteiger partial charge in [0.15, 0.2) is 17.3 Å². The van der Waals surface area contributed by atoms with Gasteiger partial charge in [0.25, 0.3) is 0 Å². The van der Waals surface area contributed by atoms with Crippen LogP contribution in [-0.2, 0) is 21.4 Å². The molecule has 1 atom stereocenters. The fraction of sp³-hybridized carbons (Fsp3) is 0.353. The lowest BCUT2D eigenvalue weighted by Crippen LogP contribution is -2.31. The molecule has 0 aromatic heterocycles. The molecular weight excluding hydrogens is 284 g/mol. The van der Waals surface area contributed by atoms with Crippen LogP contribution in [0.3, 0.4) is 0 Å². The van der Waals surface area contributed by atoms with Crippen molar-refractivity contribution >= 4 is 5.78 Å². The molecule has 5 heteroatoms. The summed E-state index contributed by atoms with van der Waals surface area (Å²) in [7, 11) is 2.93. The van der Waals surface area contributed by atoms with Gasteiger partial charge in [-0.2, -0.15) is 0 Å². The number of hydrogen-bond donors (Lipinski definition) is 2. The number of phenols is 2. The van der Waals surface area contributed by atoms with Crippen molar-refractivity contribution in [3.05, 3.63) is 41.2 Å². The molecule has 0 saturated carbocycles. The first kappa shape index (κ1) is 14.5. The number of fused-ring (bicyclic) bond motifs is 2. The molecule has 0 aliphatic heterocycles. The van der Waals surface area contributed by atoms with E-state index in [1.54, 1.807) is 12.1 Å². The average molecular weight is 302 g/mol. The third kappa shape index (κ3) is 1.96. The third-order valence-electron chi connectivity index (χ3n) is 4.44. The van der Waals surface area contributed by atoms with Crippen LogP contribution in [0.1, 0.15) is 24.0 Å². The third-order valence-corrected chi connectivity index (χ3v) is 4.44. The highest BCUT2D eigenvalue weighted by molar-refractivity contribution is 6.04. The fourth-order valence-corrected chi connectivity index (χ4v) is 3.39. The summed E-state index contributed by atoms with van der Waals surface area (Å²) in [6.45, 7) is 0. The van der Waals surface area contributed by atoms with Gasteiger partial charge in [-0.1, -0.05) is 6.08 Å². The topological polar surface area (TPSA) is 76.0 Å². The summed E-state index contributed by atoms with van der Waals surface area (Å²) in [6, 6.07) is 1.55. The van der Waals surface area contributed by atoms with Gasteiger partial charge in [0, 0.05) is 11.0 Å². The molecule has 1 aromatic carbocycles. The Labute approximate surface area is 128 Å². The number of carbonyl (C=O) groups excluding carboxylic acids is 1. The number of ketones is 1. The number of aromatic hydroxyl groups is 2. The van der Waals surface area contributed by atoms with E-state index in [2.05, 4.69) is 0 Å². The number of allylic oxidation sites excluding steroid dienone is 3. The Bertz CT molecular complexity index is 701. The maximum atomic E-state index is 11.8. The molecular formula is C17H18O5. The standard InChI is InChI=1S/C17H18O5/c1-21-14-9-17(7-5-12(14)18)6-3-4-10-11(17)8-13(19)15(20)16(10)22-2/h5,7-9,19-20H,3-4,6H2,1-2H3. The summed E-state index contributed by atoms with van der Waals surface area (Å²) in [5.74, 6) is -0.0523. The van der Waals surface area contributed by atoms with Gasteiger partial charge in [0.2, 0.25) is 11.5 Å². The average Bonchev–Trinajstić information content (AvgIpc) is 2.52. The monoisotopic (exact) mass is 302 g/mol. The Morgan fingerprint density at radius 1 is 1.23 bits per heavy atom. The smallest absolute Gasteiger partial charge is 0.219 e. The fourth-order valence-electron chi connectivity index (χ4n) is 3.39. The summed E-state index contributed by atoms with van der Waals surface area (Å²) >= 11 is 0. The molecule has 1 spiro atoms. The molecule has 5 nitrogen and oxygen atoms in total. The van der Waals surface area contributed by atoms with Gasteiger partial charge in [-0.15, -0.1) is 0 Å². The van der Waals surface area contributed by atoms with Gasteiger partial charge in [-0.25, -0.2) is 0 Å². The van der Waals surface area contributed by atoms with Crippen molar-refractivity contribution in [2.75, 3.05) is 14.2 Å². The molecule has 22 heavy (non-hydrogen) atoms. The molecule has 3 rings (SSSR count). The van der Waals surface area contributed by atoms with Gasteiger partial charge >= 0.3 is 0 Å². The molecule has 1 aromatic rings. The Hall–Kier alpha value is -2.43. The summed E-state index contributed by atoms with van der Waals surface area (Å²) in [4.78, 5) is 11.8. The molecule has 0 fully saturated rings. The summed E-state index contributed by atoms with van der Waals surface area (Å²) < 4.78 is 10.5. The highest BCUT2D eigenvalue weighted by atomic mass is 16.5. The minimum absolute atomic E-state index is 0.171. The first-order chi connectivity index (χ1) is 10.5. The van der Waals surface area contributed by atoms with E-state index in [0.29, 0.717) is 11.5 Å². The summed E-state index contributed by atoms with van der Waals surface area (Å²) in [6.07, 6.45) is 7.55. The number of hydrogen-bond acceptors (Lipinski definition) is 5. The Kier molecular flexibility index (Phi) is 3.35. The van der Waals surface area contributed by atoms with Crippen molar-refractivity contribution in [3.63, 3.8) is 0 Å². The summed E-state index contributed by atoms with van der Waals surface area (Å²) in [5, 5.41) is 20.0. The van der Waals surface area contributed by atoms with Crippen molar-refractivity contribution < 1.29 is 24.5 Å². The largest absolute Gasteiger partial charge is 0.504 e. The molecule has 0 bridgehead atoms. The highest BCUT2D eigenvalue weighted by Gasteiger charge is 2.39. The quantitative estimate of drug-likeness (QED) is 0.820. The van der Waals surface area contributed by atoms with E-state index in [1.807, 2.05) is 6.08 Å². The zero-order chi connectivity index (χ0) is 15.9. The normalized spacial score (nSPS) is 23.2. The zero-order valence-corrected chi connectivity index (χ0v) is 12.5. The number of methoxy groups -OCH3 is 2. The predicted octanol–water partition coefficient (Wildman–Crippen LogP) is 2.35. The lowest BCUT2D eigenvalue weighted by molar-refractivity contribution is -0.114. The van der Waals surface area contributed by atoms with Crippen molar-refractivity contribution in [2.24, 2.45) is 0 Å². The summed E-state index contributed by atoms with van der Waals surface area (Å²) in [5.41, 5.74) is 1.17. The minimum Gasteiger partial charge on any atom is -0.504 e. The van der Waals surface area contributed by atoms with E-state index >= 15 is 0 Å². The molecule has 2 N–H and O–H groups in total. The molecule has 1 unspecified atom stereocenters. The van der Waals surface area contributed by atoms with E-state index in [-0.39, 0.29) is 17.3 Å². The first-order valence-corrected chi connectivity index (χ1v) is 7.15. The van der Waals surface area contributed by atoms with Crippen molar-refractivity contribution in [3.8, 4) is 17.2 Å². The van der Waals surface area contributed by atoms with Crippen molar-refractivity contribution in [2.45, 2.75) is 24.7 Å². The van der Waals surface area contributed by atoms with Crippen molar-refractivity contribution in [1.29, 1.82) is 0 Å². The second-order valence-corrected chi connectivity index (χ2v) is 5.61. The molecule has 2 aliphatic carbocycles. The number of phenolic OH excluding ortho intramolecular Hbond substituents is 2. The maximum absolute atomic E-state index is 11.8. The Morgan fingerprint density at radius 2 is 2.00 bits per heavy atom. The van der Waals surface area contributed by atoms with E-state index in [9.17, 15) is 15.0 Å². The van der Waals surface area contributed by atoms with Crippen LogP contribution in [0.2, 0.25) is 0 Å². The van der Waals surface area contributed by atoms with Gasteiger partial charge in [0.1, 0.15) is 0 Å². The van der Waals surface area contributed by atoms with Crippen LogP contribution in [0.15, 0.2) is 30.1 Å². The van der Waals surface area contributed by atoms with Crippen LogP contribution in [0.25, 0.3) is 0 Å². The first-order valence-electron chi connectivity index (χ1n) is 7.15. The molecule has 0 radical (unpaired) electrons. The number of ether oxygens (including phenoxy) is 2. The molecule has 116 valence electrons. The van der Waals surface area contributed by atoms with E-state index in [4.69, 9.17) is 9.47 Å². The number of rotatable bonds is 2. The lowest BCUT2D eigenvalue weighted by Gasteiger charge is -2.37. The maximum Gasteiger partial charge on any atom is 0.219 e.